The third kappa shape index (κ3) is 11.1. The fourth-order valence-corrected chi connectivity index (χ4v) is 2.49. The Labute approximate surface area is 137 Å². The van der Waals surface area contributed by atoms with Crippen molar-refractivity contribution < 1.29 is 0 Å². The minimum Gasteiger partial charge on any atom is -0.0654 e. The van der Waals surface area contributed by atoms with Crippen molar-refractivity contribution in [2.45, 2.75) is 64.7 Å². The monoisotopic (exact) mass is 296 g/mol. The van der Waals surface area contributed by atoms with E-state index in [-0.39, 0.29) is 0 Å². The molecule has 0 radical (unpaired) electrons. The molecule has 120 valence electrons. The molecular weight excluding hydrogens is 264 g/mol. The van der Waals surface area contributed by atoms with E-state index in [0.717, 1.165) is 0 Å². The SMILES string of the molecule is CCCCCCCCCCc1ccccc1.c1ccccc1. The molecule has 0 amide bonds. The summed E-state index contributed by atoms with van der Waals surface area (Å²) >= 11 is 0. The standard InChI is InChI=1S/C16H26.C6H6/c1-2-3-4-5-6-7-8-10-13-16-14-11-9-12-15-16;1-2-4-6-5-3-1/h9,11-12,14-15H,2-8,10,13H2,1H3;1-6H. The smallest absolute Gasteiger partial charge is 0.0279 e. The van der Waals surface area contributed by atoms with Crippen LogP contribution < -0.4 is 0 Å². The number of aryl methyl sites for hydroxylation is 1. The maximum absolute atomic E-state index is 2.28. The highest BCUT2D eigenvalue weighted by atomic mass is 14.0. The van der Waals surface area contributed by atoms with Crippen molar-refractivity contribution in [3.8, 4) is 0 Å². The Balaban J connectivity index is 0.000000335. The van der Waals surface area contributed by atoms with Crippen LogP contribution in [0.2, 0.25) is 0 Å². The predicted octanol–water partition coefficient (Wildman–Crippen LogP) is 7.06. The minimum atomic E-state index is 1.26. The second kappa shape index (κ2) is 14.4. The molecule has 2 aromatic carbocycles. The molecule has 2 aromatic rings. The number of hydrogen-bond donors (Lipinski definition) is 0. The van der Waals surface area contributed by atoms with Crippen molar-refractivity contribution in [3.63, 3.8) is 0 Å². The molecule has 22 heavy (non-hydrogen) atoms. The lowest BCUT2D eigenvalue weighted by Gasteiger charge is -2.02. The van der Waals surface area contributed by atoms with Gasteiger partial charge < -0.3 is 0 Å². The maximum atomic E-state index is 2.28. The van der Waals surface area contributed by atoms with E-state index in [4.69, 9.17) is 0 Å². The number of unbranched alkanes of at least 4 members (excludes halogenated alkanes) is 7. The van der Waals surface area contributed by atoms with E-state index in [1.165, 1.54) is 63.4 Å². The van der Waals surface area contributed by atoms with Gasteiger partial charge in [0.1, 0.15) is 0 Å². The van der Waals surface area contributed by atoms with E-state index in [9.17, 15) is 0 Å². The van der Waals surface area contributed by atoms with Gasteiger partial charge in [0.05, 0.1) is 0 Å². The molecule has 0 saturated heterocycles. The van der Waals surface area contributed by atoms with Gasteiger partial charge in [-0.1, -0.05) is 119 Å². The molecule has 0 aliphatic heterocycles. The first kappa shape index (κ1) is 18.5. The third-order valence-corrected chi connectivity index (χ3v) is 3.83. The Morgan fingerprint density at radius 3 is 1.41 bits per heavy atom. The fourth-order valence-electron chi connectivity index (χ4n) is 2.49. The molecule has 0 nitrogen and oxygen atoms in total. The Morgan fingerprint density at radius 1 is 0.500 bits per heavy atom. The molecule has 0 heteroatoms. The topological polar surface area (TPSA) is 0 Å². The summed E-state index contributed by atoms with van der Waals surface area (Å²) in [5.74, 6) is 0. The molecule has 0 atom stereocenters. The Kier molecular flexibility index (Phi) is 12.1. The van der Waals surface area contributed by atoms with Crippen LogP contribution in [-0.2, 0) is 6.42 Å². The Morgan fingerprint density at radius 2 is 0.909 bits per heavy atom. The van der Waals surface area contributed by atoms with E-state index >= 15 is 0 Å². The van der Waals surface area contributed by atoms with Crippen LogP contribution in [0, 0.1) is 0 Å². The molecule has 0 bridgehead atoms. The highest BCUT2D eigenvalue weighted by Gasteiger charge is 1.93. The lowest BCUT2D eigenvalue weighted by atomic mass is 10.0. The van der Waals surface area contributed by atoms with E-state index in [2.05, 4.69) is 37.3 Å². The van der Waals surface area contributed by atoms with Crippen molar-refractivity contribution in [2.24, 2.45) is 0 Å². The average Bonchev–Trinajstić information content (AvgIpc) is 2.60. The van der Waals surface area contributed by atoms with Gasteiger partial charge in [-0.25, -0.2) is 0 Å². The van der Waals surface area contributed by atoms with Crippen molar-refractivity contribution in [3.05, 3.63) is 72.3 Å². The summed E-state index contributed by atoms with van der Waals surface area (Å²) in [7, 11) is 0. The van der Waals surface area contributed by atoms with Gasteiger partial charge in [0.15, 0.2) is 0 Å². The molecule has 0 aliphatic rings. The van der Waals surface area contributed by atoms with E-state index < -0.39 is 0 Å². The first-order valence-corrected chi connectivity index (χ1v) is 8.97. The van der Waals surface area contributed by atoms with Crippen molar-refractivity contribution in [1.29, 1.82) is 0 Å². The largest absolute Gasteiger partial charge is 0.0654 e. The van der Waals surface area contributed by atoms with Crippen molar-refractivity contribution in [1.82, 2.24) is 0 Å². The van der Waals surface area contributed by atoms with E-state index in [1.54, 1.807) is 0 Å². The third-order valence-electron chi connectivity index (χ3n) is 3.83. The Bertz CT molecular complexity index is 392. The second-order valence-corrected chi connectivity index (χ2v) is 5.87. The molecule has 0 saturated carbocycles. The summed E-state index contributed by atoms with van der Waals surface area (Å²) in [6, 6.07) is 22.8. The van der Waals surface area contributed by atoms with E-state index in [0.29, 0.717) is 0 Å². The quantitative estimate of drug-likeness (QED) is 0.435. The molecular formula is C22H32. The zero-order chi connectivity index (χ0) is 15.7. The fraction of sp³-hybridized carbons (Fsp3) is 0.455. The maximum Gasteiger partial charge on any atom is -0.0279 e. The Hall–Kier alpha value is -1.56. The van der Waals surface area contributed by atoms with E-state index in [1.807, 2.05) is 36.4 Å². The summed E-state index contributed by atoms with van der Waals surface area (Å²) < 4.78 is 0. The number of benzene rings is 2. The highest BCUT2D eigenvalue weighted by Crippen LogP contribution is 2.10. The normalized spacial score (nSPS) is 9.86. The molecule has 0 fully saturated rings. The summed E-state index contributed by atoms with van der Waals surface area (Å²) in [6.07, 6.45) is 12.5. The molecule has 0 spiro atoms. The average molecular weight is 296 g/mol. The minimum absolute atomic E-state index is 1.26. The zero-order valence-corrected chi connectivity index (χ0v) is 14.2. The van der Waals surface area contributed by atoms with Gasteiger partial charge >= 0.3 is 0 Å². The van der Waals surface area contributed by atoms with Crippen LogP contribution in [0.15, 0.2) is 66.7 Å². The van der Waals surface area contributed by atoms with Crippen LogP contribution in [0.25, 0.3) is 0 Å². The van der Waals surface area contributed by atoms with Crippen LogP contribution in [0.1, 0.15) is 63.9 Å². The zero-order valence-electron chi connectivity index (χ0n) is 14.2. The van der Waals surface area contributed by atoms with Crippen molar-refractivity contribution >= 4 is 0 Å². The first-order chi connectivity index (χ1) is 10.9. The summed E-state index contributed by atoms with van der Waals surface area (Å²) in [6.45, 7) is 2.28. The van der Waals surface area contributed by atoms with Crippen LogP contribution in [0.5, 0.6) is 0 Å². The first-order valence-electron chi connectivity index (χ1n) is 8.97. The molecule has 0 aromatic heterocycles. The molecule has 0 heterocycles. The van der Waals surface area contributed by atoms with Gasteiger partial charge in [0.2, 0.25) is 0 Å². The summed E-state index contributed by atoms with van der Waals surface area (Å²) in [4.78, 5) is 0. The van der Waals surface area contributed by atoms with Gasteiger partial charge in [-0.2, -0.15) is 0 Å². The van der Waals surface area contributed by atoms with Crippen LogP contribution >= 0.6 is 0 Å². The van der Waals surface area contributed by atoms with Gasteiger partial charge in [-0.15, -0.1) is 0 Å². The van der Waals surface area contributed by atoms with Gasteiger partial charge in [-0.3, -0.25) is 0 Å². The van der Waals surface area contributed by atoms with Gasteiger partial charge in [0, 0.05) is 0 Å². The van der Waals surface area contributed by atoms with Gasteiger partial charge in [-0.05, 0) is 18.4 Å². The number of hydrogen-bond acceptors (Lipinski definition) is 0. The van der Waals surface area contributed by atoms with Crippen LogP contribution in [0.4, 0.5) is 0 Å². The van der Waals surface area contributed by atoms with Crippen molar-refractivity contribution in [2.75, 3.05) is 0 Å². The molecule has 0 aliphatic carbocycles. The summed E-state index contributed by atoms with van der Waals surface area (Å²) in [5, 5.41) is 0. The van der Waals surface area contributed by atoms with Gasteiger partial charge in [0.25, 0.3) is 0 Å². The van der Waals surface area contributed by atoms with Crippen LogP contribution in [-0.4, -0.2) is 0 Å². The highest BCUT2D eigenvalue weighted by molar-refractivity contribution is 5.14. The van der Waals surface area contributed by atoms with Crippen LogP contribution in [0.3, 0.4) is 0 Å². The second-order valence-electron chi connectivity index (χ2n) is 5.87. The lowest BCUT2D eigenvalue weighted by Crippen LogP contribution is -1.85. The predicted molar refractivity (Wildman–Crippen MR) is 99.2 cm³/mol. The molecule has 2 rings (SSSR count). The molecule has 0 unspecified atom stereocenters. The number of rotatable bonds is 9. The lowest BCUT2D eigenvalue weighted by molar-refractivity contribution is 0.575. The summed E-state index contributed by atoms with van der Waals surface area (Å²) in [5.41, 5.74) is 1.49. The molecule has 0 N–H and O–H groups in total.